The molecule has 2 aromatic carbocycles. The summed E-state index contributed by atoms with van der Waals surface area (Å²) in [6.07, 6.45) is 0. The second kappa shape index (κ2) is 8.29. The lowest BCUT2D eigenvalue weighted by Gasteiger charge is -2.34. The molecule has 2 heterocycles. The number of nitrogens with zero attached hydrogens (tertiary/aromatic N) is 2. The van der Waals surface area contributed by atoms with Gasteiger partial charge in [-0.2, -0.15) is 4.31 Å². The van der Waals surface area contributed by atoms with Gasteiger partial charge in [0.15, 0.2) is 0 Å². The Morgan fingerprint density at radius 2 is 1.77 bits per heavy atom. The molecule has 0 saturated carbocycles. The van der Waals surface area contributed by atoms with E-state index in [9.17, 15) is 18.0 Å². The highest BCUT2D eigenvalue weighted by atomic mass is 32.2. The van der Waals surface area contributed by atoms with E-state index in [1.54, 1.807) is 36.1 Å². The van der Waals surface area contributed by atoms with E-state index in [1.165, 1.54) is 16.1 Å². The Morgan fingerprint density at radius 3 is 2.45 bits per heavy atom. The monoisotopic (exact) mass is 459 g/mol. The smallest absolute Gasteiger partial charge is 0.254 e. The van der Waals surface area contributed by atoms with Crippen molar-refractivity contribution in [3.05, 3.63) is 53.1 Å². The average Bonchev–Trinajstić information content (AvgIpc) is 2.73. The molecule has 4 rings (SSSR count). The highest BCUT2D eigenvalue weighted by molar-refractivity contribution is 8.01. The summed E-state index contributed by atoms with van der Waals surface area (Å²) < 4.78 is 27.6. The van der Waals surface area contributed by atoms with Crippen LogP contribution in [0.3, 0.4) is 0 Å². The summed E-state index contributed by atoms with van der Waals surface area (Å²) >= 11 is 1.47. The molecule has 0 radical (unpaired) electrons. The molecule has 31 heavy (non-hydrogen) atoms. The van der Waals surface area contributed by atoms with E-state index >= 15 is 0 Å². The minimum absolute atomic E-state index is 0.0766. The Morgan fingerprint density at radius 1 is 1.06 bits per heavy atom. The minimum Gasteiger partial charge on any atom is -0.336 e. The van der Waals surface area contributed by atoms with E-state index in [2.05, 4.69) is 5.32 Å². The van der Waals surface area contributed by atoms with E-state index in [-0.39, 0.29) is 30.2 Å². The van der Waals surface area contributed by atoms with Crippen LogP contribution in [0.2, 0.25) is 0 Å². The summed E-state index contributed by atoms with van der Waals surface area (Å²) in [5.41, 5.74) is 2.87. The number of carbonyl (C=O) groups is 2. The zero-order chi connectivity index (χ0) is 22.3. The molecule has 7 nitrogen and oxygen atoms in total. The molecule has 0 bridgehead atoms. The van der Waals surface area contributed by atoms with Crippen LogP contribution in [-0.2, 0) is 14.8 Å². The molecule has 0 aromatic heterocycles. The van der Waals surface area contributed by atoms with Gasteiger partial charge in [0.2, 0.25) is 15.9 Å². The van der Waals surface area contributed by atoms with Crippen LogP contribution < -0.4 is 5.32 Å². The van der Waals surface area contributed by atoms with Crippen molar-refractivity contribution >= 4 is 39.3 Å². The van der Waals surface area contributed by atoms with Gasteiger partial charge in [-0.15, -0.1) is 11.8 Å². The van der Waals surface area contributed by atoms with Crippen molar-refractivity contribution in [2.24, 2.45) is 0 Å². The van der Waals surface area contributed by atoms with E-state index in [0.717, 1.165) is 16.0 Å². The zero-order valence-corrected chi connectivity index (χ0v) is 19.3. The molecular formula is C22H25N3O4S2. The topological polar surface area (TPSA) is 86.8 Å². The van der Waals surface area contributed by atoms with Crippen molar-refractivity contribution in [3.63, 3.8) is 0 Å². The van der Waals surface area contributed by atoms with Crippen LogP contribution in [-0.4, -0.2) is 60.9 Å². The predicted molar refractivity (Wildman–Crippen MR) is 121 cm³/mol. The highest BCUT2D eigenvalue weighted by Crippen LogP contribution is 2.36. The van der Waals surface area contributed by atoms with Gasteiger partial charge >= 0.3 is 0 Å². The van der Waals surface area contributed by atoms with Crippen LogP contribution in [0.4, 0.5) is 5.69 Å². The molecule has 2 aliphatic rings. The third-order valence-electron chi connectivity index (χ3n) is 5.63. The van der Waals surface area contributed by atoms with Crippen LogP contribution in [0.15, 0.2) is 46.2 Å². The number of aryl methyl sites for hydroxylation is 2. The number of rotatable bonds is 3. The normalized spacial score (nSPS) is 19.6. The van der Waals surface area contributed by atoms with Gasteiger partial charge < -0.3 is 10.2 Å². The molecule has 2 aliphatic heterocycles. The number of benzene rings is 2. The molecule has 0 spiro atoms. The van der Waals surface area contributed by atoms with Gasteiger partial charge in [0.25, 0.3) is 5.91 Å². The van der Waals surface area contributed by atoms with Crippen molar-refractivity contribution in [2.75, 3.05) is 31.5 Å². The summed E-state index contributed by atoms with van der Waals surface area (Å²) in [5, 5.41) is 2.68. The van der Waals surface area contributed by atoms with Crippen molar-refractivity contribution in [3.8, 4) is 0 Å². The van der Waals surface area contributed by atoms with Gasteiger partial charge in [-0.1, -0.05) is 17.7 Å². The molecule has 1 N–H and O–H groups in total. The first-order valence-corrected chi connectivity index (χ1v) is 12.5. The van der Waals surface area contributed by atoms with Crippen LogP contribution in [0.25, 0.3) is 0 Å². The van der Waals surface area contributed by atoms with Gasteiger partial charge in [-0.05, 0) is 50.6 Å². The first-order valence-electron chi connectivity index (χ1n) is 10.1. The van der Waals surface area contributed by atoms with Gasteiger partial charge in [-0.25, -0.2) is 8.42 Å². The van der Waals surface area contributed by atoms with Crippen molar-refractivity contribution in [1.82, 2.24) is 9.21 Å². The SMILES string of the molecule is Cc1ccc(S(=O)(=O)N2CCN(C(=O)c3ccc4c(c3)NC(=O)[C@@H](C)S4)CC2)c(C)c1. The van der Waals surface area contributed by atoms with E-state index in [0.29, 0.717) is 29.2 Å². The molecule has 9 heteroatoms. The number of carbonyl (C=O) groups excluding carboxylic acids is 2. The lowest BCUT2D eigenvalue weighted by molar-refractivity contribution is -0.115. The van der Waals surface area contributed by atoms with E-state index in [4.69, 9.17) is 0 Å². The van der Waals surface area contributed by atoms with E-state index < -0.39 is 10.0 Å². The molecule has 2 amide bonds. The number of hydrogen-bond donors (Lipinski definition) is 1. The fourth-order valence-electron chi connectivity index (χ4n) is 3.88. The quantitative estimate of drug-likeness (QED) is 0.763. The molecule has 0 aliphatic carbocycles. The summed E-state index contributed by atoms with van der Waals surface area (Å²) in [6.45, 7) is 6.70. The number of anilines is 1. The summed E-state index contributed by atoms with van der Waals surface area (Å²) in [4.78, 5) is 27.8. The predicted octanol–water partition coefficient (Wildman–Crippen LogP) is 2.88. The van der Waals surface area contributed by atoms with Crippen molar-refractivity contribution in [2.45, 2.75) is 35.8 Å². The molecule has 0 unspecified atom stereocenters. The van der Waals surface area contributed by atoms with Crippen LogP contribution >= 0.6 is 11.8 Å². The molecule has 2 aromatic rings. The Hall–Kier alpha value is -2.36. The van der Waals surface area contributed by atoms with Crippen molar-refractivity contribution in [1.29, 1.82) is 0 Å². The molecule has 164 valence electrons. The standard InChI is InChI=1S/C22H25N3O4S2/c1-14-4-7-20(15(2)12-14)31(28,29)25-10-8-24(9-11-25)22(27)17-5-6-19-18(13-17)23-21(26)16(3)30-19/h4-7,12-13,16H,8-11H2,1-3H3,(H,23,26)/t16-/m1/s1. The van der Waals surface area contributed by atoms with Crippen LogP contribution in [0.1, 0.15) is 28.4 Å². The third kappa shape index (κ3) is 4.22. The number of sulfonamides is 1. The van der Waals surface area contributed by atoms with Crippen LogP contribution in [0.5, 0.6) is 0 Å². The fraction of sp³-hybridized carbons (Fsp3) is 0.364. The Balaban J connectivity index is 1.46. The largest absolute Gasteiger partial charge is 0.336 e. The summed E-state index contributed by atoms with van der Waals surface area (Å²) in [6, 6.07) is 10.6. The summed E-state index contributed by atoms with van der Waals surface area (Å²) in [5.74, 6) is -0.239. The van der Waals surface area contributed by atoms with Crippen molar-refractivity contribution < 1.29 is 18.0 Å². The van der Waals surface area contributed by atoms with Gasteiger partial charge in [0, 0.05) is 36.6 Å². The zero-order valence-electron chi connectivity index (χ0n) is 17.7. The molecular weight excluding hydrogens is 434 g/mol. The Bertz CT molecular complexity index is 1160. The van der Waals surface area contributed by atoms with Gasteiger partial charge in [-0.3, -0.25) is 9.59 Å². The Kier molecular flexibility index (Phi) is 5.85. The minimum atomic E-state index is -3.60. The van der Waals surface area contributed by atoms with Crippen LogP contribution in [0, 0.1) is 13.8 Å². The average molecular weight is 460 g/mol. The maximum Gasteiger partial charge on any atom is 0.254 e. The maximum absolute atomic E-state index is 13.1. The third-order valence-corrected chi connectivity index (χ3v) is 8.87. The van der Waals surface area contributed by atoms with E-state index in [1.807, 2.05) is 26.0 Å². The molecule has 1 fully saturated rings. The maximum atomic E-state index is 13.1. The first-order chi connectivity index (χ1) is 14.7. The lowest BCUT2D eigenvalue weighted by Crippen LogP contribution is -2.50. The number of nitrogens with one attached hydrogen (secondary N) is 1. The number of piperazine rings is 1. The number of thioether (sulfide) groups is 1. The van der Waals surface area contributed by atoms with Gasteiger partial charge in [0.1, 0.15) is 0 Å². The number of hydrogen-bond acceptors (Lipinski definition) is 5. The first kappa shape index (κ1) is 21.9. The van der Waals surface area contributed by atoms with Gasteiger partial charge in [0.05, 0.1) is 15.8 Å². The second-order valence-corrected chi connectivity index (χ2v) is 11.2. The Labute approximate surface area is 186 Å². The fourth-order valence-corrected chi connectivity index (χ4v) is 6.44. The molecule has 1 atom stereocenters. The second-order valence-electron chi connectivity index (χ2n) is 7.93. The number of fused-ring (bicyclic) bond motifs is 1. The number of amides is 2. The molecule has 1 saturated heterocycles. The lowest BCUT2D eigenvalue weighted by atomic mass is 10.1. The highest BCUT2D eigenvalue weighted by Gasteiger charge is 2.32. The summed E-state index contributed by atoms with van der Waals surface area (Å²) in [7, 11) is -3.60.